The largest absolute Gasteiger partial charge is 0.480 e. The molecular weight excluding hydrogens is 358 g/mol. The number of ether oxygens (including phenoxy) is 3. The van der Waals surface area contributed by atoms with Crippen LogP contribution >= 0.6 is 0 Å². The number of amides is 1. The Bertz CT molecular complexity index is 680. The molecule has 0 fully saturated rings. The zero-order chi connectivity index (χ0) is 20.6. The maximum absolute atomic E-state index is 12.2. The summed E-state index contributed by atoms with van der Waals surface area (Å²) in [7, 11) is 0. The molecule has 0 aliphatic rings. The summed E-state index contributed by atoms with van der Waals surface area (Å²) in [5.41, 5.74) is -0.269. The van der Waals surface area contributed by atoms with Crippen LogP contribution < -0.4 is 5.32 Å². The highest BCUT2D eigenvalue weighted by Gasteiger charge is 2.41. The fraction of sp³-hybridized carbons (Fsp3) is 0.444. The minimum atomic E-state index is -1.88. The third-order valence-corrected chi connectivity index (χ3v) is 2.99. The Hall–Kier alpha value is -3.10. The second-order valence-electron chi connectivity index (χ2n) is 6.59. The van der Waals surface area contributed by atoms with Gasteiger partial charge in [0.25, 0.3) is 0 Å². The van der Waals surface area contributed by atoms with Crippen LogP contribution in [0, 0.1) is 0 Å². The van der Waals surface area contributed by atoms with Crippen molar-refractivity contribution in [3.8, 4) is 0 Å². The lowest BCUT2D eigenvalue weighted by molar-refractivity contribution is -0.179. The van der Waals surface area contributed by atoms with Crippen molar-refractivity contribution in [2.75, 3.05) is 0 Å². The van der Waals surface area contributed by atoms with Crippen LogP contribution in [0.1, 0.15) is 33.3 Å². The van der Waals surface area contributed by atoms with E-state index in [1.54, 1.807) is 51.1 Å². The van der Waals surface area contributed by atoms with Crippen molar-refractivity contribution in [2.45, 2.75) is 52.0 Å². The summed E-state index contributed by atoms with van der Waals surface area (Å²) in [5.74, 6) is -3.60. The van der Waals surface area contributed by atoms with E-state index < -0.39 is 41.7 Å². The Kier molecular flexibility index (Phi) is 7.77. The fourth-order valence-corrected chi connectivity index (χ4v) is 1.95. The van der Waals surface area contributed by atoms with Gasteiger partial charge in [0.15, 0.2) is 6.04 Å². The second kappa shape index (κ2) is 9.56. The van der Waals surface area contributed by atoms with E-state index in [1.807, 2.05) is 5.32 Å². The summed E-state index contributed by atoms with van der Waals surface area (Å²) in [6.45, 7) is 5.58. The van der Waals surface area contributed by atoms with Gasteiger partial charge in [-0.25, -0.2) is 14.4 Å². The topological polar surface area (TPSA) is 128 Å². The van der Waals surface area contributed by atoms with Gasteiger partial charge in [-0.3, -0.25) is 4.79 Å². The molecule has 0 radical (unpaired) electrons. The third-order valence-electron chi connectivity index (χ3n) is 2.99. The number of carbonyl (C=O) groups is 4. The minimum Gasteiger partial charge on any atom is -0.480 e. The molecule has 0 saturated heterocycles. The first kappa shape index (κ1) is 21.9. The van der Waals surface area contributed by atoms with Gasteiger partial charge in [-0.2, -0.15) is 0 Å². The van der Waals surface area contributed by atoms with Crippen LogP contribution in [-0.2, 0) is 35.2 Å². The molecule has 0 bridgehead atoms. The predicted octanol–water partition coefficient (Wildman–Crippen LogP) is 1.64. The van der Waals surface area contributed by atoms with Gasteiger partial charge in [-0.1, -0.05) is 30.3 Å². The van der Waals surface area contributed by atoms with E-state index in [9.17, 15) is 24.3 Å². The number of benzene rings is 1. The van der Waals surface area contributed by atoms with Gasteiger partial charge in [0.2, 0.25) is 6.10 Å². The minimum absolute atomic E-state index is 0.107. The molecule has 1 aromatic rings. The molecule has 0 saturated carbocycles. The normalized spacial score (nSPS) is 13.0. The zero-order valence-corrected chi connectivity index (χ0v) is 15.6. The molecule has 9 heteroatoms. The number of carbonyl (C=O) groups excluding carboxylic acids is 3. The number of nitrogens with one attached hydrogen (secondary N) is 1. The summed E-state index contributed by atoms with van der Waals surface area (Å²) in [6.07, 6.45) is -2.96. The van der Waals surface area contributed by atoms with Crippen LogP contribution in [0.5, 0.6) is 0 Å². The summed E-state index contributed by atoms with van der Waals surface area (Å²) < 4.78 is 14.8. The number of hydrogen-bond donors (Lipinski definition) is 2. The smallest absolute Gasteiger partial charge is 0.408 e. The zero-order valence-electron chi connectivity index (χ0n) is 15.6. The molecule has 2 atom stereocenters. The maximum atomic E-state index is 12.2. The lowest BCUT2D eigenvalue weighted by atomic mass is 10.1. The maximum Gasteiger partial charge on any atom is 0.408 e. The summed E-state index contributed by atoms with van der Waals surface area (Å²) in [4.78, 5) is 47.0. The van der Waals surface area contributed by atoms with Gasteiger partial charge < -0.3 is 24.6 Å². The van der Waals surface area contributed by atoms with Crippen LogP contribution in [0.4, 0.5) is 4.79 Å². The molecule has 1 rings (SSSR count). The number of aliphatic carboxylic acids is 1. The highest BCUT2D eigenvalue weighted by molar-refractivity contribution is 5.89. The Balaban J connectivity index is 2.86. The number of rotatable bonds is 7. The summed E-state index contributed by atoms with van der Waals surface area (Å²) >= 11 is 0. The molecule has 148 valence electrons. The molecular formula is C18H23NO8. The molecule has 0 heterocycles. The van der Waals surface area contributed by atoms with Crippen molar-refractivity contribution in [1.82, 2.24) is 5.32 Å². The predicted molar refractivity (Wildman–Crippen MR) is 92.6 cm³/mol. The first-order valence-corrected chi connectivity index (χ1v) is 8.09. The van der Waals surface area contributed by atoms with Gasteiger partial charge in [0.05, 0.1) is 0 Å². The SMILES string of the molecule is CC(=O)O[C@@H](C(=O)OC(C)(C)C)[C@@H](NC(=O)OCc1ccccc1)C(=O)O. The summed E-state index contributed by atoms with van der Waals surface area (Å²) in [6, 6.07) is 6.82. The van der Waals surface area contributed by atoms with Crippen molar-refractivity contribution in [2.24, 2.45) is 0 Å². The molecule has 9 nitrogen and oxygen atoms in total. The number of carboxylic acid groups (broad SMARTS) is 1. The van der Waals surface area contributed by atoms with Crippen molar-refractivity contribution < 1.29 is 38.5 Å². The van der Waals surface area contributed by atoms with Crippen LogP contribution in [0.2, 0.25) is 0 Å². The van der Waals surface area contributed by atoms with Gasteiger partial charge in [0.1, 0.15) is 12.2 Å². The monoisotopic (exact) mass is 381 g/mol. The lowest BCUT2D eigenvalue weighted by Crippen LogP contribution is -2.54. The quantitative estimate of drug-likeness (QED) is 0.539. The van der Waals surface area contributed by atoms with Gasteiger partial charge >= 0.3 is 24.0 Å². The standard InChI is InChI=1S/C18H23NO8/c1-11(20)26-14(16(23)27-18(2,3)4)13(15(21)22)19-17(24)25-10-12-8-6-5-7-9-12/h5-9,13-14H,10H2,1-4H3,(H,19,24)(H,21,22)/t13-,14-/m1/s1. The van der Waals surface area contributed by atoms with Crippen LogP contribution in [0.3, 0.4) is 0 Å². The van der Waals surface area contributed by atoms with Gasteiger partial charge in [-0.05, 0) is 26.3 Å². The molecule has 2 N–H and O–H groups in total. The Morgan fingerprint density at radius 2 is 1.70 bits per heavy atom. The fourth-order valence-electron chi connectivity index (χ4n) is 1.95. The van der Waals surface area contributed by atoms with E-state index in [4.69, 9.17) is 14.2 Å². The molecule has 1 aromatic carbocycles. The molecule has 0 aromatic heterocycles. The number of esters is 2. The second-order valence-corrected chi connectivity index (χ2v) is 6.59. The average molecular weight is 381 g/mol. The Labute approximate surface area is 156 Å². The van der Waals surface area contributed by atoms with E-state index in [2.05, 4.69) is 0 Å². The average Bonchev–Trinajstić information content (AvgIpc) is 2.55. The van der Waals surface area contributed by atoms with Crippen LogP contribution in [0.25, 0.3) is 0 Å². The highest BCUT2D eigenvalue weighted by Crippen LogP contribution is 2.13. The van der Waals surface area contributed by atoms with E-state index in [0.717, 1.165) is 6.92 Å². The van der Waals surface area contributed by atoms with Crippen LogP contribution in [0.15, 0.2) is 30.3 Å². The number of alkyl carbamates (subject to hydrolysis) is 1. The number of hydrogen-bond acceptors (Lipinski definition) is 7. The first-order chi connectivity index (χ1) is 12.5. The van der Waals surface area contributed by atoms with Gasteiger partial charge in [0, 0.05) is 6.92 Å². The molecule has 0 aliphatic carbocycles. The van der Waals surface area contributed by atoms with Crippen molar-refractivity contribution in [3.63, 3.8) is 0 Å². The Morgan fingerprint density at radius 1 is 1.11 bits per heavy atom. The van der Waals surface area contributed by atoms with Crippen LogP contribution in [-0.4, -0.2) is 46.9 Å². The molecule has 0 aliphatic heterocycles. The van der Waals surface area contributed by atoms with Crippen molar-refractivity contribution >= 4 is 24.0 Å². The Morgan fingerprint density at radius 3 is 2.19 bits per heavy atom. The van der Waals surface area contributed by atoms with E-state index in [1.165, 1.54) is 0 Å². The van der Waals surface area contributed by atoms with E-state index >= 15 is 0 Å². The molecule has 0 unspecified atom stereocenters. The first-order valence-electron chi connectivity index (χ1n) is 8.09. The molecule has 27 heavy (non-hydrogen) atoms. The third kappa shape index (κ3) is 8.21. The van der Waals surface area contributed by atoms with E-state index in [0.29, 0.717) is 5.56 Å². The van der Waals surface area contributed by atoms with Gasteiger partial charge in [-0.15, -0.1) is 0 Å². The number of carboxylic acids is 1. The summed E-state index contributed by atoms with van der Waals surface area (Å²) in [5, 5.41) is 11.4. The lowest BCUT2D eigenvalue weighted by Gasteiger charge is -2.27. The van der Waals surface area contributed by atoms with Crippen molar-refractivity contribution in [1.29, 1.82) is 0 Å². The van der Waals surface area contributed by atoms with Crippen molar-refractivity contribution in [3.05, 3.63) is 35.9 Å². The molecule has 0 spiro atoms. The highest BCUT2D eigenvalue weighted by atomic mass is 16.6. The molecule has 1 amide bonds. The van der Waals surface area contributed by atoms with E-state index in [-0.39, 0.29) is 6.61 Å².